The summed E-state index contributed by atoms with van der Waals surface area (Å²) < 4.78 is 7.51. The number of ether oxygens (including phenoxy) is 1. The molecule has 6 heteroatoms. The average molecular weight is 293 g/mol. The molecule has 2 aliphatic heterocycles. The maximum Gasteiger partial charge on any atom is 0.254 e. The number of piperidine rings is 1. The lowest BCUT2D eigenvalue weighted by Gasteiger charge is -2.40. The largest absolute Gasteiger partial charge is 0.388 e. The van der Waals surface area contributed by atoms with Gasteiger partial charge in [-0.1, -0.05) is 0 Å². The molecule has 3 heterocycles. The monoisotopic (exact) mass is 293 g/mol. The molecule has 1 amide bonds. The number of carbonyl (C=O) groups is 1. The standard InChI is InChI=1S/C15H23N3O3/c1-14(3-2-10-21-14)13(19)18-7-4-15(20,5-8-18)11-17-9-6-16-12-17/h6,9,12,20H,2-5,7-8,10-11H2,1H3. The van der Waals surface area contributed by atoms with Gasteiger partial charge in [0, 0.05) is 32.1 Å². The highest BCUT2D eigenvalue weighted by Crippen LogP contribution is 2.30. The third-order valence-corrected chi connectivity index (χ3v) is 4.69. The molecule has 0 aliphatic carbocycles. The molecule has 0 aromatic carbocycles. The van der Waals surface area contributed by atoms with Gasteiger partial charge in [-0.05, 0) is 32.6 Å². The molecule has 1 unspecified atom stereocenters. The van der Waals surface area contributed by atoms with Gasteiger partial charge in [0.25, 0.3) is 5.91 Å². The Hall–Kier alpha value is -1.40. The summed E-state index contributed by atoms with van der Waals surface area (Å²) in [5.74, 6) is 0.0738. The summed E-state index contributed by atoms with van der Waals surface area (Å²) in [5, 5.41) is 10.7. The summed E-state index contributed by atoms with van der Waals surface area (Å²) >= 11 is 0. The predicted octanol–water partition coefficient (Wildman–Crippen LogP) is 0.806. The van der Waals surface area contributed by atoms with Crippen LogP contribution in [0.2, 0.25) is 0 Å². The number of carbonyl (C=O) groups excluding carboxylic acids is 1. The van der Waals surface area contributed by atoms with Crippen molar-refractivity contribution in [3.05, 3.63) is 18.7 Å². The van der Waals surface area contributed by atoms with E-state index in [0.29, 0.717) is 39.1 Å². The Morgan fingerprint density at radius 2 is 2.14 bits per heavy atom. The first-order valence-electron chi connectivity index (χ1n) is 7.62. The molecule has 2 aliphatic rings. The number of aromatic nitrogens is 2. The van der Waals surface area contributed by atoms with E-state index >= 15 is 0 Å². The molecule has 21 heavy (non-hydrogen) atoms. The summed E-state index contributed by atoms with van der Waals surface area (Å²) in [6, 6.07) is 0. The molecular formula is C15H23N3O3. The van der Waals surface area contributed by atoms with Crippen molar-refractivity contribution in [3.8, 4) is 0 Å². The lowest BCUT2D eigenvalue weighted by Crippen LogP contribution is -2.54. The fraction of sp³-hybridized carbons (Fsp3) is 0.733. The van der Waals surface area contributed by atoms with Crippen LogP contribution >= 0.6 is 0 Å². The van der Waals surface area contributed by atoms with Crippen LogP contribution in [0.25, 0.3) is 0 Å². The molecule has 116 valence electrons. The number of hydrogen-bond acceptors (Lipinski definition) is 4. The minimum Gasteiger partial charge on any atom is -0.388 e. The van der Waals surface area contributed by atoms with Crippen LogP contribution in [0, 0.1) is 0 Å². The zero-order valence-electron chi connectivity index (χ0n) is 12.5. The molecule has 3 rings (SSSR count). The van der Waals surface area contributed by atoms with Crippen molar-refractivity contribution in [2.75, 3.05) is 19.7 Å². The Balaban J connectivity index is 1.58. The zero-order valence-corrected chi connectivity index (χ0v) is 12.5. The summed E-state index contributed by atoms with van der Waals surface area (Å²) in [6.07, 6.45) is 8.19. The molecule has 1 aromatic rings. The number of amides is 1. The molecular weight excluding hydrogens is 270 g/mol. The van der Waals surface area contributed by atoms with Gasteiger partial charge in [-0.15, -0.1) is 0 Å². The van der Waals surface area contributed by atoms with Gasteiger partial charge in [0.15, 0.2) is 0 Å². The van der Waals surface area contributed by atoms with E-state index in [0.717, 1.165) is 12.8 Å². The predicted molar refractivity (Wildman–Crippen MR) is 76.6 cm³/mol. The molecule has 0 bridgehead atoms. The molecule has 0 saturated carbocycles. The van der Waals surface area contributed by atoms with Gasteiger partial charge in [0.1, 0.15) is 5.60 Å². The third-order valence-electron chi connectivity index (χ3n) is 4.69. The van der Waals surface area contributed by atoms with Crippen molar-refractivity contribution in [2.24, 2.45) is 0 Å². The van der Waals surface area contributed by atoms with E-state index in [2.05, 4.69) is 4.98 Å². The molecule has 6 nitrogen and oxygen atoms in total. The molecule has 0 spiro atoms. The fourth-order valence-electron chi connectivity index (χ4n) is 3.29. The minimum absolute atomic E-state index is 0.0738. The van der Waals surface area contributed by atoms with Crippen molar-refractivity contribution < 1.29 is 14.6 Å². The van der Waals surface area contributed by atoms with E-state index in [4.69, 9.17) is 4.74 Å². The van der Waals surface area contributed by atoms with Gasteiger partial charge in [0.05, 0.1) is 18.5 Å². The Morgan fingerprint density at radius 1 is 1.38 bits per heavy atom. The highest BCUT2D eigenvalue weighted by atomic mass is 16.5. The van der Waals surface area contributed by atoms with Gasteiger partial charge >= 0.3 is 0 Å². The molecule has 1 atom stereocenters. The van der Waals surface area contributed by atoms with Crippen molar-refractivity contribution in [3.63, 3.8) is 0 Å². The van der Waals surface area contributed by atoms with Crippen LogP contribution in [0.5, 0.6) is 0 Å². The zero-order chi connectivity index (χ0) is 14.9. The van der Waals surface area contributed by atoms with E-state index in [-0.39, 0.29) is 5.91 Å². The van der Waals surface area contributed by atoms with Crippen LogP contribution in [0.4, 0.5) is 0 Å². The summed E-state index contributed by atoms with van der Waals surface area (Å²) in [6.45, 7) is 4.25. The molecule has 2 saturated heterocycles. The number of nitrogens with zero attached hydrogens (tertiary/aromatic N) is 3. The first-order valence-corrected chi connectivity index (χ1v) is 7.62. The van der Waals surface area contributed by atoms with Gasteiger partial charge in [-0.25, -0.2) is 4.98 Å². The van der Waals surface area contributed by atoms with Crippen LogP contribution < -0.4 is 0 Å². The van der Waals surface area contributed by atoms with E-state index in [1.807, 2.05) is 22.6 Å². The van der Waals surface area contributed by atoms with E-state index in [1.165, 1.54) is 0 Å². The fourth-order valence-corrected chi connectivity index (χ4v) is 3.29. The third kappa shape index (κ3) is 2.96. The number of likely N-dealkylation sites (tertiary alicyclic amines) is 1. The Kier molecular flexibility index (Phi) is 3.75. The Labute approximate surface area is 124 Å². The number of imidazole rings is 1. The number of rotatable bonds is 3. The minimum atomic E-state index is -0.755. The smallest absolute Gasteiger partial charge is 0.254 e. The van der Waals surface area contributed by atoms with Crippen LogP contribution in [0.15, 0.2) is 18.7 Å². The lowest BCUT2D eigenvalue weighted by atomic mass is 9.90. The van der Waals surface area contributed by atoms with Crippen molar-refractivity contribution in [1.82, 2.24) is 14.5 Å². The molecule has 1 N–H and O–H groups in total. The van der Waals surface area contributed by atoms with Crippen molar-refractivity contribution in [2.45, 2.75) is 50.4 Å². The van der Waals surface area contributed by atoms with Crippen molar-refractivity contribution >= 4 is 5.91 Å². The molecule has 2 fully saturated rings. The molecule has 1 aromatic heterocycles. The first kappa shape index (κ1) is 14.5. The van der Waals surface area contributed by atoms with Gasteiger partial charge in [0.2, 0.25) is 0 Å². The van der Waals surface area contributed by atoms with Crippen LogP contribution in [0.1, 0.15) is 32.6 Å². The highest BCUT2D eigenvalue weighted by molar-refractivity contribution is 5.85. The second-order valence-corrected chi connectivity index (χ2v) is 6.43. The van der Waals surface area contributed by atoms with Gasteiger partial charge < -0.3 is 19.3 Å². The van der Waals surface area contributed by atoms with E-state index in [1.54, 1.807) is 12.5 Å². The Bertz CT molecular complexity index is 486. The summed E-state index contributed by atoms with van der Waals surface area (Å²) in [4.78, 5) is 18.4. The van der Waals surface area contributed by atoms with Crippen LogP contribution in [0.3, 0.4) is 0 Å². The van der Waals surface area contributed by atoms with Crippen LogP contribution in [-0.4, -0.2) is 56.4 Å². The van der Waals surface area contributed by atoms with Gasteiger partial charge in [-0.2, -0.15) is 0 Å². The molecule has 0 radical (unpaired) electrons. The van der Waals surface area contributed by atoms with E-state index in [9.17, 15) is 9.90 Å². The topological polar surface area (TPSA) is 67.6 Å². The number of hydrogen-bond donors (Lipinski definition) is 1. The lowest BCUT2D eigenvalue weighted by molar-refractivity contribution is -0.155. The normalized spacial score (nSPS) is 28.8. The van der Waals surface area contributed by atoms with E-state index < -0.39 is 11.2 Å². The second-order valence-electron chi connectivity index (χ2n) is 6.43. The maximum atomic E-state index is 12.6. The van der Waals surface area contributed by atoms with Crippen LogP contribution in [-0.2, 0) is 16.1 Å². The van der Waals surface area contributed by atoms with Gasteiger partial charge in [-0.3, -0.25) is 4.79 Å². The summed E-state index contributed by atoms with van der Waals surface area (Å²) in [7, 11) is 0. The first-order chi connectivity index (χ1) is 10.0. The summed E-state index contributed by atoms with van der Waals surface area (Å²) in [5.41, 5.74) is -1.41. The highest BCUT2D eigenvalue weighted by Gasteiger charge is 2.43. The SMILES string of the molecule is CC1(C(=O)N2CCC(O)(Cn3ccnc3)CC2)CCCO1. The average Bonchev–Trinajstić information content (AvgIpc) is 3.11. The number of aliphatic hydroxyl groups is 1. The maximum absolute atomic E-state index is 12.6. The quantitative estimate of drug-likeness (QED) is 0.895. The Morgan fingerprint density at radius 3 is 2.71 bits per heavy atom. The van der Waals surface area contributed by atoms with Crippen molar-refractivity contribution in [1.29, 1.82) is 0 Å². The second kappa shape index (κ2) is 5.42.